The normalized spacial score (nSPS) is 21.6. The van der Waals surface area contributed by atoms with Crippen LogP contribution in [0, 0.1) is 5.41 Å². The molecule has 2 unspecified atom stereocenters. The van der Waals surface area contributed by atoms with Gasteiger partial charge in [-0.1, -0.05) is 31.9 Å². The number of furan rings is 1. The highest BCUT2D eigenvalue weighted by molar-refractivity contribution is 14.0. The van der Waals surface area contributed by atoms with Crippen LogP contribution in [0.25, 0.3) is 0 Å². The topological polar surface area (TPSA) is 79.0 Å². The van der Waals surface area contributed by atoms with Gasteiger partial charge in [0, 0.05) is 24.9 Å². The lowest BCUT2D eigenvalue weighted by Gasteiger charge is -2.38. The summed E-state index contributed by atoms with van der Waals surface area (Å²) >= 11 is 0. The highest BCUT2D eigenvalue weighted by Gasteiger charge is 2.35. The van der Waals surface area contributed by atoms with Gasteiger partial charge in [-0.25, -0.2) is 4.99 Å². The summed E-state index contributed by atoms with van der Waals surface area (Å²) < 4.78 is 10.6. The summed E-state index contributed by atoms with van der Waals surface area (Å²) in [5.41, 5.74) is 0.990. The molecule has 30 heavy (non-hydrogen) atoms. The minimum absolute atomic E-state index is 0. The van der Waals surface area contributed by atoms with Crippen LogP contribution in [-0.2, 0) is 13.0 Å². The SMILES string of the molecule is COc1ccc(CN=C(NCCc2ccco2)NCC2(C)CCCCC2O)cc1.I. The Kier molecular flexibility index (Phi) is 9.97. The van der Waals surface area contributed by atoms with Crippen molar-refractivity contribution in [2.24, 2.45) is 10.4 Å². The van der Waals surface area contributed by atoms with E-state index < -0.39 is 0 Å². The van der Waals surface area contributed by atoms with Crippen molar-refractivity contribution in [1.82, 2.24) is 10.6 Å². The first-order valence-corrected chi connectivity index (χ1v) is 10.4. The Hall–Kier alpha value is -1.74. The van der Waals surface area contributed by atoms with Gasteiger partial charge >= 0.3 is 0 Å². The number of nitrogens with zero attached hydrogens (tertiary/aromatic N) is 1. The molecule has 0 spiro atoms. The third kappa shape index (κ3) is 7.19. The van der Waals surface area contributed by atoms with Crippen LogP contribution in [0.3, 0.4) is 0 Å². The van der Waals surface area contributed by atoms with Gasteiger partial charge in [0.15, 0.2) is 5.96 Å². The predicted molar refractivity (Wildman–Crippen MR) is 131 cm³/mol. The fourth-order valence-electron chi connectivity index (χ4n) is 3.71. The second kappa shape index (κ2) is 12.2. The first kappa shape index (κ1) is 24.5. The molecular weight excluding hydrogens is 493 g/mol. The van der Waals surface area contributed by atoms with E-state index in [9.17, 15) is 5.11 Å². The molecule has 0 amide bonds. The minimum Gasteiger partial charge on any atom is -0.497 e. The van der Waals surface area contributed by atoms with Gasteiger partial charge < -0.3 is 24.9 Å². The molecule has 6 nitrogen and oxygen atoms in total. The zero-order valence-electron chi connectivity index (χ0n) is 17.9. The van der Waals surface area contributed by atoms with Gasteiger partial charge in [-0.2, -0.15) is 0 Å². The molecule has 0 bridgehead atoms. The van der Waals surface area contributed by atoms with Crippen LogP contribution >= 0.6 is 24.0 Å². The fraction of sp³-hybridized carbons (Fsp3) is 0.522. The van der Waals surface area contributed by atoms with Crippen molar-refractivity contribution in [3.05, 3.63) is 54.0 Å². The van der Waals surface area contributed by atoms with Crippen LogP contribution in [-0.4, -0.2) is 37.4 Å². The van der Waals surface area contributed by atoms with Gasteiger partial charge in [0.2, 0.25) is 0 Å². The number of aliphatic hydroxyl groups is 1. The first-order chi connectivity index (χ1) is 14.1. The lowest BCUT2D eigenvalue weighted by atomic mass is 9.73. The summed E-state index contributed by atoms with van der Waals surface area (Å²) in [6.45, 7) is 4.15. The maximum Gasteiger partial charge on any atom is 0.191 e. The van der Waals surface area contributed by atoms with Gasteiger partial charge in [0.05, 0.1) is 26.0 Å². The Balaban J connectivity index is 0.00000320. The molecule has 1 aliphatic rings. The van der Waals surface area contributed by atoms with E-state index in [1.165, 1.54) is 6.42 Å². The summed E-state index contributed by atoms with van der Waals surface area (Å²) in [6, 6.07) is 11.8. The summed E-state index contributed by atoms with van der Waals surface area (Å²) in [5.74, 6) is 2.54. The second-order valence-corrected chi connectivity index (χ2v) is 8.04. The fourth-order valence-corrected chi connectivity index (χ4v) is 3.71. The molecule has 1 saturated carbocycles. The van der Waals surface area contributed by atoms with Crippen LogP contribution in [0.2, 0.25) is 0 Å². The number of methoxy groups -OCH3 is 1. The molecule has 1 aliphatic carbocycles. The van der Waals surface area contributed by atoms with E-state index in [0.717, 1.165) is 55.3 Å². The molecule has 0 saturated heterocycles. The van der Waals surface area contributed by atoms with Crippen LogP contribution in [0.15, 0.2) is 52.1 Å². The van der Waals surface area contributed by atoms with Crippen LogP contribution in [0.4, 0.5) is 0 Å². The zero-order chi connectivity index (χ0) is 20.5. The van der Waals surface area contributed by atoms with E-state index >= 15 is 0 Å². The molecule has 1 fully saturated rings. The molecule has 2 aromatic rings. The van der Waals surface area contributed by atoms with Gasteiger partial charge in [-0.05, 0) is 42.7 Å². The van der Waals surface area contributed by atoms with Gasteiger partial charge in [0.1, 0.15) is 11.5 Å². The Labute approximate surface area is 196 Å². The number of rotatable bonds is 8. The maximum absolute atomic E-state index is 10.5. The van der Waals surface area contributed by atoms with E-state index in [1.54, 1.807) is 13.4 Å². The van der Waals surface area contributed by atoms with Crippen molar-refractivity contribution in [3.63, 3.8) is 0 Å². The number of aliphatic imine (C=N–C) groups is 1. The molecule has 1 aromatic heterocycles. The summed E-state index contributed by atoms with van der Waals surface area (Å²) in [4.78, 5) is 4.75. The van der Waals surface area contributed by atoms with Gasteiger partial charge in [-0.3, -0.25) is 0 Å². The number of nitrogens with one attached hydrogen (secondary N) is 2. The predicted octanol–water partition coefficient (Wildman–Crippen LogP) is 4.13. The van der Waals surface area contributed by atoms with E-state index in [1.807, 2.05) is 36.4 Å². The van der Waals surface area contributed by atoms with E-state index in [4.69, 9.17) is 14.1 Å². The Bertz CT molecular complexity index is 765. The van der Waals surface area contributed by atoms with Crippen molar-refractivity contribution in [1.29, 1.82) is 0 Å². The van der Waals surface area contributed by atoms with Crippen molar-refractivity contribution in [3.8, 4) is 5.75 Å². The molecular formula is C23H34IN3O3. The Morgan fingerprint density at radius 3 is 2.70 bits per heavy atom. The van der Waals surface area contributed by atoms with Crippen molar-refractivity contribution in [2.75, 3.05) is 20.2 Å². The Morgan fingerprint density at radius 1 is 1.23 bits per heavy atom. The average Bonchev–Trinajstić information content (AvgIpc) is 3.26. The number of halogens is 1. The number of benzene rings is 1. The number of guanidine groups is 1. The Morgan fingerprint density at radius 2 is 2.03 bits per heavy atom. The molecule has 166 valence electrons. The zero-order valence-corrected chi connectivity index (χ0v) is 20.2. The summed E-state index contributed by atoms with van der Waals surface area (Å²) in [7, 11) is 1.67. The number of hydrogen-bond donors (Lipinski definition) is 3. The van der Waals surface area contributed by atoms with E-state index in [2.05, 4.69) is 17.6 Å². The highest BCUT2D eigenvalue weighted by atomic mass is 127. The molecule has 0 radical (unpaired) electrons. The molecule has 3 N–H and O–H groups in total. The lowest BCUT2D eigenvalue weighted by molar-refractivity contribution is 0.00397. The van der Waals surface area contributed by atoms with Crippen LogP contribution in [0.1, 0.15) is 43.9 Å². The highest BCUT2D eigenvalue weighted by Crippen LogP contribution is 2.35. The third-order valence-corrected chi connectivity index (χ3v) is 5.76. The van der Waals surface area contributed by atoms with Crippen molar-refractivity contribution >= 4 is 29.9 Å². The van der Waals surface area contributed by atoms with E-state index in [0.29, 0.717) is 13.1 Å². The molecule has 1 heterocycles. The summed E-state index contributed by atoms with van der Waals surface area (Å²) in [5, 5.41) is 17.3. The van der Waals surface area contributed by atoms with Crippen LogP contribution < -0.4 is 15.4 Å². The molecule has 1 aromatic carbocycles. The lowest BCUT2D eigenvalue weighted by Crippen LogP contribution is -2.48. The molecule has 0 aliphatic heterocycles. The van der Waals surface area contributed by atoms with Crippen molar-refractivity contribution < 1.29 is 14.3 Å². The standard InChI is InChI=1S/C23H33N3O3.HI/c1-23(13-4-3-7-21(23)27)17-26-22(24-14-12-20-6-5-15-29-20)25-16-18-8-10-19(28-2)11-9-18;/h5-6,8-11,15,21,27H,3-4,7,12-14,16-17H2,1-2H3,(H2,24,25,26);1H. The molecule has 3 rings (SSSR count). The maximum atomic E-state index is 10.5. The largest absolute Gasteiger partial charge is 0.497 e. The molecule has 7 heteroatoms. The van der Waals surface area contributed by atoms with E-state index in [-0.39, 0.29) is 35.5 Å². The van der Waals surface area contributed by atoms with Crippen LogP contribution in [0.5, 0.6) is 5.75 Å². The monoisotopic (exact) mass is 527 g/mol. The number of hydrogen-bond acceptors (Lipinski definition) is 4. The quantitative estimate of drug-likeness (QED) is 0.274. The van der Waals surface area contributed by atoms with Gasteiger partial charge in [0.25, 0.3) is 0 Å². The minimum atomic E-state index is -0.269. The molecule has 2 atom stereocenters. The van der Waals surface area contributed by atoms with Gasteiger partial charge in [-0.15, -0.1) is 24.0 Å². The summed E-state index contributed by atoms with van der Waals surface area (Å²) in [6.07, 6.45) is 6.39. The smallest absolute Gasteiger partial charge is 0.191 e. The first-order valence-electron chi connectivity index (χ1n) is 10.4. The number of ether oxygens (including phenoxy) is 1. The third-order valence-electron chi connectivity index (χ3n) is 5.76. The number of aliphatic hydroxyl groups excluding tert-OH is 1. The second-order valence-electron chi connectivity index (χ2n) is 8.04. The van der Waals surface area contributed by atoms with Crippen molar-refractivity contribution in [2.45, 2.75) is 51.7 Å². The average molecular weight is 527 g/mol.